The summed E-state index contributed by atoms with van der Waals surface area (Å²) < 4.78 is 29.4. The molecule has 0 saturated heterocycles. The van der Waals surface area contributed by atoms with Gasteiger partial charge in [0.2, 0.25) is 5.89 Å². The van der Waals surface area contributed by atoms with Crippen LogP contribution in [0, 0.1) is 6.92 Å². The average Bonchev–Trinajstić information content (AvgIpc) is 3.18. The van der Waals surface area contributed by atoms with Crippen molar-refractivity contribution in [1.29, 1.82) is 0 Å². The Morgan fingerprint density at radius 1 is 0.929 bits per heavy atom. The van der Waals surface area contributed by atoms with Crippen LogP contribution in [0.25, 0.3) is 34.3 Å². The molecule has 0 spiro atoms. The number of benzene rings is 2. The molecule has 0 unspecified atom stereocenters. The highest BCUT2D eigenvalue weighted by Crippen LogP contribution is 2.27. The summed E-state index contributed by atoms with van der Waals surface area (Å²) in [6, 6.07) is 16.0. The molecule has 0 aliphatic rings. The van der Waals surface area contributed by atoms with Crippen LogP contribution in [0.2, 0.25) is 0 Å². The van der Waals surface area contributed by atoms with Gasteiger partial charge in [-0.3, -0.25) is 4.98 Å². The lowest BCUT2D eigenvalue weighted by Gasteiger charge is -2.06. The van der Waals surface area contributed by atoms with Crippen molar-refractivity contribution in [2.24, 2.45) is 0 Å². The van der Waals surface area contributed by atoms with Gasteiger partial charge in [-0.05, 0) is 31.2 Å². The van der Waals surface area contributed by atoms with Crippen molar-refractivity contribution in [2.75, 3.05) is 6.26 Å². The van der Waals surface area contributed by atoms with Gasteiger partial charge in [0.1, 0.15) is 5.69 Å². The molecule has 0 radical (unpaired) electrons. The van der Waals surface area contributed by atoms with Crippen molar-refractivity contribution in [1.82, 2.24) is 20.2 Å². The van der Waals surface area contributed by atoms with Gasteiger partial charge in [-0.1, -0.05) is 30.3 Å². The highest BCUT2D eigenvalue weighted by Gasteiger charge is 2.16. The minimum atomic E-state index is -3.32. The average molecular weight is 394 g/mol. The van der Waals surface area contributed by atoms with Gasteiger partial charge in [-0.15, -0.1) is 10.2 Å². The third kappa shape index (κ3) is 3.54. The van der Waals surface area contributed by atoms with E-state index in [0.29, 0.717) is 28.5 Å². The van der Waals surface area contributed by atoms with Gasteiger partial charge in [0.25, 0.3) is 5.89 Å². The Bertz CT molecular complexity index is 1260. The zero-order valence-corrected chi connectivity index (χ0v) is 16.0. The molecule has 4 rings (SSSR count). The first-order chi connectivity index (χ1) is 13.4. The van der Waals surface area contributed by atoms with Crippen LogP contribution in [-0.4, -0.2) is 34.8 Å². The Labute approximate surface area is 163 Å². The molecule has 0 N–H and O–H groups in total. The molecule has 0 saturated carbocycles. The Balaban J connectivity index is 0.00000240. The molecule has 0 aliphatic heterocycles. The van der Waals surface area contributed by atoms with Crippen LogP contribution in [0.3, 0.4) is 0 Å². The van der Waals surface area contributed by atoms with Crippen molar-refractivity contribution >= 4 is 9.84 Å². The summed E-state index contributed by atoms with van der Waals surface area (Å²) >= 11 is 0. The van der Waals surface area contributed by atoms with E-state index < -0.39 is 9.84 Å². The highest BCUT2D eigenvalue weighted by molar-refractivity contribution is 7.90. The Kier molecular flexibility index (Phi) is 4.48. The smallest absolute Gasteiger partial charge is 0.268 e. The second kappa shape index (κ2) is 6.97. The van der Waals surface area contributed by atoms with Crippen LogP contribution in [-0.2, 0) is 9.84 Å². The molecule has 0 amide bonds. The number of hydrogen-bond acceptors (Lipinski definition) is 7. The van der Waals surface area contributed by atoms with E-state index in [4.69, 9.17) is 4.42 Å². The van der Waals surface area contributed by atoms with E-state index in [2.05, 4.69) is 20.2 Å². The molecule has 28 heavy (non-hydrogen) atoms. The molecule has 4 aromatic rings. The Morgan fingerprint density at radius 2 is 1.64 bits per heavy atom. The standard InChI is InChI=1S/C20H16N4O3S.H2/c1-13-18(20-24-23-19(27-20)14-7-4-3-5-8-14)22-17(12-21-13)15-9-6-10-16(11-15)28(2,25)26;/h3-12H,1-2H3;1H. The summed E-state index contributed by atoms with van der Waals surface area (Å²) in [6.45, 7) is 1.80. The summed E-state index contributed by atoms with van der Waals surface area (Å²) in [5.74, 6) is 0.645. The zero-order chi connectivity index (χ0) is 19.7. The molecule has 2 aromatic carbocycles. The zero-order valence-electron chi connectivity index (χ0n) is 15.2. The van der Waals surface area contributed by atoms with Gasteiger partial charge in [-0.2, -0.15) is 0 Å². The molecule has 0 fully saturated rings. The molecule has 0 aliphatic carbocycles. The summed E-state index contributed by atoms with van der Waals surface area (Å²) in [7, 11) is -3.32. The largest absolute Gasteiger partial charge is 0.415 e. The van der Waals surface area contributed by atoms with Crippen LogP contribution in [0.15, 0.2) is 70.1 Å². The van der Waals surface area contributed by atoms with Gasteiger partial charge in [-0.25, -0.2) is 13.4 Å². The minimum Gasteiger partial charge on any atom is -0.415 e. The van der Waals surface area contributed by atoms with Crippen LogP contribution >= 0.6 is 0 Å². The maximum atomic E-state index is 11.8. The van der Waals surface area contributed by atoms with Gasteiger partial charge in [0.15, 0.2) is 9.84 Å². The van der Waals surface area contributed by atoms with E-state index in [1.807, 2.05) is 30.3 Å². The van der Waals surface area contributed by atoms with Gasteiger partial charge in [0.05, 0.1) is 22.5 Å². The lowest BCUT2D eigenvalue weighted by atomic mass is 10.1. The van der Waals surface area contributed by atoms with Crippen LogP contribution < -0.4 is 0 Å². The minimum absolute atomic E-state index is 0. The van der Waals surface area contributed by atoms with Crippen molar-refractivity contribution in [3.63, 3.8) is 0 Å². The quantitative estimate of drug-likeness (QED) is 0.519. The number of sulfone groups is 1. The third-order valence-corrected chi connectivity index (χ3v) is 5.27. The first kappa shape index (κ1) is 18.0. The van der Waals surface area contributed by atoms with Gasteiger partial charge in [0, 0.05) is 18.8 Å². The van der Waals surface area contributed by atoms with Crippen molar-refractivity contribution < 1.29 is 14.3 Å². The third-order valence-electron chi connectivity index (χ3n) is 4.16. The second-order valence-electron chi connectivity index (χ2n) is 6.27. The number of nitrogens with zero attached hydrogens (tertiary/aromatic N) is 4. The van der Waals surface area contributed by atoms with Crippen LogP contribution in [0.5, 0.6) is 0 Å². The number of aryl methyl sites for hydroxylation is 1. The molecule has 142 valence electrons. The van der Waals surface area contributed by atoms with E-state index >= 15 is 0 Å². The number of hydrogen-bond donors (Lipinski definition) is 0. The maximum absolute atomic E-state index is 11.8. The summed E-state index contributed by atoms with van der Waals surface area (Å²) in [5.41, 5.74) is 3.05. The molecule has 2 heterocycles. The van der Waals surface area contributed by atoms with Gasteiger partial charge >= 0.3 is 0 Å². The molecule has 0 atom stereocenters. The lowest BCUT2D eigenvalue weighted by Crippen LogP contribution is -1.99. The monoisotopic (exact) mass is 394 g/mol. The van der Waals surface area contributed by atoms with Crippen molar-refractivity contribution in [3.05, 3.63) is 66.5 Å². The van der Waals surface area contributed by atoms with E-state index in [0.717, 1.165) is 5.56 Å². The number of rotatable bonds is 4. The van der Waals surface area contributed by atoms with Crippen molar-refractivity contribution in [2.45, 2.75) is 11.8 Å². The fraction of sp³-hybridized carbons (Fsp3) is 0.100. The first-order valence-electron chi connectivity index (χ1n) is 8.45. The normalized spacial score (nSPS) is 11.5. The molecule has 2 aromatic heterocycles. The predicted octanol–water partition coefficient (Wildman–Crippen LogP) is 3.82. The van der Waals surface area contributed by atoms with Crippen LogP contribution in [0.1, 0.15) is 7.12 Å². The fourth-order valence-corrected chi connectivity index (χ4v) is 3.36. The summed E-state index contributed by atoms with van der Waals surface area (Å²) in [4.78, 5) is 9.18. The molecule has 0 bridgehead atoms. The lowest BCUT2D eigenvalue weighted by molar-refractivity contribution is 0.581. The number of aromatic nitrogens is 4. The van der Waals surface area contributed by atoms with Crippen LogP contribution in [0.4, 0.5) is 0 Å². The van der Waals surface area contributed by atoms with Crippen molar-refractivity contribution in [3.8, 4) is 34.3 Å². The summed E-state index contributed by atoms with van der Waals surface area (Å²) in [6.07, 6.45) is 2.76. The first-order valence-corrected chi connectivity index (χ1v) is 10.3. The fourth-order valence-electron chi connectivity index (χ4n) is 2.69. The Morgan fingerprint density at radius 3 is 2.39 bits per heavy atom. The topological polar surface area (TPSA) is 98.8 Å². The molecular formula is C20H18N4O3S. The highest BCUT2D eigenvalue weighted by atomic mass is 32.2. The summed E-state index contributed by atoms with van der Waals surface area (Å²) in [5, 5.41) is 8.19. The van der Waals surface area contributed by atoms with E-state index in [-0.39, 0.29) is 12.2 Å². The molecule has 8 heteroatoms. The van der Waals surface area contributed by atoms with Gasteiger partial charge < -0.3 is 4.42 Å². The second-order valence-corrected chi connectivity index (χ2v) is 8.28. The molecule has 7 nitrogen and oxygen atoms in total. The van der Waals surface area contributed by atoms with E-state index in [1.54, 1.807) is 37.4 Å². The SMILES string of the molecule is Cc1ncc(-c2cccc(S(C)(=O)=O)c2)nc1-c1nnc(-c2ccccc2)o1.[HH]. The van der Waals surface area contributed by atoms with E-state index in [9.17, 15) is 8.42 Å². The van der Waals surface area contributed by atoms with E-state index in [1.165, 1.54) is 6.26 Å². The Hall–Kier alpha value is -3.39. The molecular weight excluding hydrogens is 376 g/mol. The predicted molar refractivity (Wildman–Crippen MR) is 106 cm³/mol. The maximum Gasteiger partial charge on any atom is 0.268 e.